The summed E-state index contributed by atoms with van der Waals surface area (Å²) in [5, 5.41) is 4.80. The van der Waals surface area contributed by atoms with Crippen molar-refractivity contribution in [3.8, 4) is 0 Å². The van der Waals surface area contributed by atoms with Gasteiger partial charge in [0.1, 0.15) is 0 Å². The van der Waals surface area contributed by atoms with Crippen LogP contribution in [0.4, 0.5) is 5.69 Å². The lowest BCUT2D eigenvalue weighted by atomic mass is 10.2. The van der Waals surface area contributed by atoms with Crippen molar-refractivity contribution in [2.24, 2.45) is 0 Å². The van der Waals surface area contributed by atoms with Gasteiger partial charge >= 0.3 is 0 Å². The molecule has 0 atom stereocenters. The van der Waals surface area contributed by atoms with E-state index in [0.29, 0.717) is 5.56 Å². The van der Waals surface area contributed by atoms with Crippen LogP contribution in [-0.4, -0.2) is 31.6 Å². The maximum absolute atomic E-state index is 11.6. The predicted octanol–water partition coefficient (Wildman–Crippen LogP) is 1.32. The fourth-order valence-corrected chi connectivity index (χ4v) is 1.21. The van der Waals surface area contributed by atoms with Crippen LogP contribution in [0.15, 0.2) is 24.3 Å². The van der Waals surface area contributed by atoms with E-state index < -0.39 is 0 Å². The molecule has 0 fully saturated rings. The zero-order chi connectivity index (χ0) is 11.3. The lowest BCUT2D eigenvalue weighted by Gasteiger charge is -2.12. The molecule has 0 aliphatic carbocycles. The van der Waals surface area contributed by atoms with E-state index in [1.54, 1.807) is 31.2 Å². The van der Waals surface area contributed by atoms with E-state index >= 15 is 0 Å². The minimum atomic E-state index is -0.0944. The molecule has 0 saturated carbocycles. The van der Waals surface area contributed by atoms with Crippen molar-refractivity contribution in [3.63, 3.8) is 0 Å². The van der Waals surface area contributed by atoms with Gasteiger partial charge in [-0.05, 0) is 31.2 Å². The number of rotatable bonds is 4. The number of carbonyl (C=O) groups excluding carboxylic acids is 1. The van der Waals surface area contributed by atoms with E-state index in [-0.39, 0.29) is 5.91 Å². The van der Waals surface area contributed by atoms with Crippen LogP contribution < -0.4 is 10.7 Å². The number of hydrogen-bond donors (Lipinski definition) is 2. The van der Waals surface area contributed by atoms with E-state index in [2.05, 4.69) is 10.7 Å². The van der Waals surface area contributed by atoms with Crippen molar-refractivity contribution in [3.05, 3.63) is 29.8 Å². The lowest BCUT2D eigenvalue weighted by molar-refractivity contribution is 0.0857. The van der Waals surface area contributed by atoms with Crippen LogP contribution in [0.5, 0.6) is 0 Å². The van der Waals surface area contributed by atoms with Gasteiger partial charge in [-0.25, -0.2) is 5.01 Å². The largest absolute Gasteiger partial charge is 0.385 e. The van der Waals surface area contributed by atoms with Gasteiger partial charge in [0.25, 0.3) is 5.91 Å². The highest BCUT2D eigenvalue weighted by molar-refractivity contribution is 5.94. The average molecular weight is 207 g/mol. The molecule has 82 valence electrons. The van der Waals surface area contributed by atoms with Gasteiger partial charge in [-0.1, -0.05) is 0 Å². The number of amides is 1. The van der Waals surface area contributed by atoms with Gasteiger partial charge in [-0.3, -0.25) is 10.2 Å². The van der Waals surface area contributed by atoms with E-state index in [4.69, 9.17) is 0 Å². The average Bonchev–Trinajstić information content (AvgIpc) is 2.18. The Labute approximate surface area is 90.2 Å². The molecule has 0 bridgehead atoms. The molecule has 0 spiro atoms. The number of hydrogen-bond acceptors (Lipinski definition) is 3. The summed E-state index contributed by atoms with van der Waals surface area (Å²) in [4.78, 5) is 11.6. The molecular formula is C11H17N3O. The Morgan fingerprint density at radius 1 is 1.27 bits per heavy atom. The van der Waals surface area contributed by atoms with E-state index in [9.17, 15) is 4.79 Å². The van der Waals surface area contributed by atoms with Gasteiger partial charge in [0.2, 0.25) is 0 Å². The molecule has 1 aromatic rings. The maximum Gasteiger partial charge on any atom is 0.265 e. The second-order valence-corrected chi connectivity index (χ2v) is 3.44. The SMILES string of the molecule is CCNc1ccc(C(=O)NN(C)C)cc1. The molecule has 0 saturated heterocycles. The van der Waals surface area contributed by atoms with Crippen LogP contribution in [0.3, 0.4) is 0 Å². The van der Waals surface area contributed by atoms with E-state index in [1.165, 1.54) is 0 Å². The molecule has 0 aromatic heterocycles. The Morgan fingerprint density at radius 2 is 1.87 bits per heavy atom. The molecule has 0 heterocycles. The second kappa shape index (κ2) is 5.36. The molecule has 4 nitrogen and oxygen atoms in total. The molecule has 1 amide bonds. The quantitative estimate of drug-likeness (QED) is 0.732. The first-order valence-corrected chi connectivity index (χ1v) is 4.95. The first kappa shape index (κ1) is 11.5. The van der Waals surface area contributed by atoms with Crippen molar-refractivity contribution < 1.29 is 4.79 Å². The third kappa shape index (κ3) is 3.59. The Balaban J connectivity index is 2.67. The Morgan fingerprint density at radius 3 is 2.33 bits per heavy atom. The molecular weight excluding hydrogens is 190 g/mol. The summed E-state index contributed by atoms with van der Waals surface area (Å²) < 4.78 is 0. The minimum Gasteiger partial charge on any atom is -0.385 e. The molecule has 2 N–H and O–H groups in total. The highest BCUT2D eigenvalue weighted by Crippen LogP contribution is 2.08. The number of benzene rings is 1. The number of hydrazine groups is 1. The topological polar surface area (TPSA) is 44.4 Å². The van der Waals surface area contributed by atoms with Gasteiger partial charge in [0.05, 0.1) is 0 Å². The van der Waals surface area contributed by atoms with Crippen molar-refractivity contribution in [2.45, 2.75) is 6.92 Å². The smallest absolute Gasteiger partial charge is 0.265 e. The molecule has 0 radical (unpaired) electrons. The van der Waals surface area contributed by atoms with Crippen LogP contribution >= 0.6 is 0 Å². The fraction of sp³-hybridized carbons (Fsp3) is 0.364. The summed E-state index contributed by atoms with van der Waals surface area (Å²) in [5.41, 5.74) is 4.37. The number of anilines is 1. The Kier molecular flexibility index (Phi) is 4.12. The first-order chi connectivity index (χ1) is 7.13. The zero-order valence-corrected chi connectivity index (χ0v) is 9.37. The third-order valence-corrected chi connectivity index (χ3v) is 1.85. The number of nitrogens with zero attached hydrogens (tertiary/aromatic N) is 1. The molecule has 0 unspecified atom stereocenters. The van der Waals surface area contributed by atoms with Crippen LogP contribution in [0.1, 0.15) is 17.3 Å². The highest BCUT2D eigenvalue weighted by atomic mass is 16.2. The Hall–Kier alpha value is -1.55. The summed E-state index contributed by atoms with van der Waals surface area (Å²) in [6.45, 7) is 2.91. The zero-order valence-electron chi connectivity index (χ0n) is 9.37. The molecule has 1 aromatic carbocycles. The number of carbonyl (C=O) groups is 1. The molecule has 15 heavy (non-hydrogen) atoms. The van der Waals surface area contributed by atoms with Crippen molar-refractivity contribution in [1.82, 2.24) is 10.4 Å². The van der Waals surface area contributed by atoms with Gasteiger partial charge in [0.15, 0.2) is 0 Å². The minimum absolute atomic E-state index is 0.0944. The summed E-state index contributed by atoms with van der Waals surface area (Å²) in [6.07, 6.45) is 0. The van der Waals surface area contributed by atoms with E-state index in [1.807, 2.05) is 19.1 Å². The summed E-state index contributed by atoms with van der Waals surface area (Å²) in [5.74, 6) is -0.0944. The normalized spacial score (nSPS) is 10.1. The lowest BCUT2D eigenvalue weighted by Crippen LogP contribution is -2.36. The van der Waals surface area contributed by atoms with Crippen LogP contribution in [0.25, 0.3) is 0 Å². The third-order valence-electron chi connectivity index (χ3n) is 1.85. The highest BCUT2D eigenvalue weighted by Gasteiger charge is 2.04. The fourth-order valence-electron chi connectivity index (χ4n) is 1.21. The van der Waals surface area contributed by atoms with Crippen LogP contribution in [-0.2, 0) is 0 Å². The van der Waals surface area contributed by atoms with Crippen molar-refractivity contribution in [2.75, 3.05) is 26.0 Å². The molecule has 4 heteroatoms. The molecule has 1 rings (SSSR count). The summed E-state index contributed by atoms with van der Waals surface area (Å²) in [7, 11) is 3.57. The van der Waals surface area contributed by atoms with Gasteiger partial charge < -0.3 is 5.32 Å². The van der Waals surface area contributed by atoms with Crippen LogP contribution in [0.2, 0.25) is 0 Å². The van der Waals surface area contributed by atoms with Gasteiger partial charge in [0, 0.05) is 31.9 Å². The Bertz CT molecular complexity index is 319. The second-order valence-electron chi connectivity index (χ2n) is 3.44. The predicted molar refractivity (Wildman–Crippen MR) is 61.8 cm³/mol. The monoisotopic (exact) mass is 207 g/mol. The summed E-state index contributed by atoms with van der Waals surface area (Å²) in [6, 6.07) is 7.40. The van der Waals surface area contributed by atoms with E-state index in [0.717, 1.165) is 12.2 Å². The van der Waals surface area contributed by atoms with Crippen molar-refractivity contribution in [1.29, 1.82) is 0 Å². The van der Waals surface area contributed by atoms with Crippen LogP contribution in [0, 0.1) is 0 Å². The van der Waals surface area contributed by atoms with Gasteiger partial charge in [-0.2, -0.15) is 0 Å². The standard InChI is InChI=1S/C11H17N3O/c1-4-12-10-7-5-9(6-8-10)11(15)13-14(2)3/h5-8,12H,4H2,1-3H3,(H,13,15). The molecule has 0 aliphatic heterocycles. The number of nitrogens with one attached hydrogen (secondary N) is 2. The maximum atomic E-state index is 11.6. The first-order valence-electron chi connectivity index (χ1n) is 4.95. The van der Waals surface area contributed by atoms with Crippen molar-refractivity contribution >= 4 is 11.6 Å². The molecule has 0 aliphatic rings. The van der Waals surface area contributed by atoms with Gasteiger partial charge in [-0.15, -0.1) is 0 Å². The summed E-state index contributed by atoms with van der Waals surface area (Å²) >= 11 is 0.